The molecule has 4 rings (SSSR count). The molecule has 4 heterocycles. The van der Waals surface area contributed by atoms with E-state index in [0.717, 1.165) is 37.3 Å². The van der Waals surface area contributed by atoms with Crippen LogP contribution in [-0.4, -0.2) is 99.9 Å². The molecule has 0 aromatic carbocycles. The van der Waals surface area contributed by atoms with Crippen molar-refractivity contribution in [1.29, 1.82) is 0 Å². The van der Waals surface area contributed by atoms with E-state index < -0.39 is 17.9 Å². The van der Waals surface area contributed by atoms with Gasteiger partial charge in [-0.15, -0.1) is 0 Å². The second kappa shape index (κ2) is 7.18. The van der Waals surface area contributed by atoms with E-state index in [4.69, 9.17) is 33.2 Å². The smallest absolute Gasteiger partial charge is 0.190 e. The zero-order valence-corrected chi connectivity index (χ0v) is 17.1. The number of morpholine rings is 1. The average molecular weight is 388 g/mol. The van der Waals surface area contributed by atoms with Crippen LogP contribution in [0.2, 0.25) is 0 Å². The Bertz CT molecular complexity index is 534. The van der Waals surface area contributed by atoms with Gasteiger partial charge in [0.05, 0.1) is 33.5 Å². The molecule has 5 unspecified atom stereocenters. The minimum Gasteiger partial charge on any atom is -0.373 e. The zero-order valence-electron chi connectivity index (χ0n) is 17.1. The summed E-state index contributed by atoms with van der Waals surface area (Å²) in [5.74, 6) is -1.37. The second-order valence-electron chi connectivity index (χ2n) is 9.19. The van der Waals surface area contributed by atoms with E-state index in [1.807, 2.05) is 27.7 Å². The normalized spacial score (nSPS) is 41.9. The average Bonchev–Trinajstić information content (AvgIpc) is 3.06. The molecule has 4 aliphatic heterocycles. The van der Waals surface area contributed by atoms with Crippen molar-refractivity contribution in [2.24, 2.45) is 0 Å². The lowest BCUT2D eigenvalue weighted by Gasteiger charge is -2.38. The molecule has 4 saturated heterocycles. The molecule has 0 aromatic rings. The van der Waals surface area contributed by atoms with Crippen molar-refractivity contribution < 1.29 is 37.6 Å². The molecule has 27 heavy (non-hydrogen) atoms. The van der Waals surface area contributed by atoms with Crippen molar-refractivity contribution in [1.82, 2.24) is 0 Å². The maximum Gasteiger partial charge on any atom is 0.190 e. The largest absolute Gasteiger partial charge is 0.373 e. The highest BCUT2D eigenvalue weighted by atomic mass is 16.9. The van der Waals surface area contributed by atoms with Gasteiger partial charge in [0, 0.05) is 0 Å². The lowest BCUT2D eigenvalue weighted by molar-refractivity contribution is -0.917. The highest BCUT2D eigenvalue weighted by Crippen LogP contribution is 2.44. The lowest BCUT2D eigenvalue weighted by atomic mass is 9.99. The van der Waals surface area contributed by atoms with E-state index in [9.17, 15) is 0 Å². The van der Waals surface area contributed by atoms with Crippen LogP contribution in [0, 0.1) is 0 Å². The molecule has 0 saturated carbocycles. The van der Waals surface area contributed by atoms with E-state index >= 15 is 0 Å². The first-order chi connectivity index (χ1) is 12.7. The van der Waals surface area contributed by atoms with E-state index in [-0.39, 0.29) is 24.4 Å². The molecular formula is C19H34NO7+. The molecule has 8 nitrogen and oxygen atoms in total. The number of quaternary nitrogens is 1. The molecule has 156 valence electrons. The monoisotopic (exact) mass is 388 g/mol. The van der Waals surface area contributed by atoms with Crippen LogP contribution in [0.15, 0.2) is 0 Å². The zero-order chi connectivity index (χ0) is 19.3. The van der Waals surface area contributed by atoms with E-state index in [1.165, 1.54) is 0 Å². The summed E-state index contributed by atoms with van der Waals surface area (Å²) in [6, 6.07) is 0. The SMILES string of the molecule is CC1(C)OC2OC(COCC[N+]3(C)CCOCC3)C3OC(C)(C)OC3C2O1. The maximum atomic E-state index is 6.17. The molecule has 0 aromatic heterocycles. The van der Waals surface area contributed by atoms with Gasteiger partial charge in [0.15, 0.2) is 17.9 Å². The van der Waals surface area contributed by atoms with Gasteiger partial charge in [0.25, 0.3) is 0 Å². The summed E-state index contributed by atoms with van der Waals surface area (Å²) >= 11 is 0. The summed E-state index contributed by atoms with van der Waals surface area (Å²) in [7, 11) is 2.26. The number of hydrogen-bond donors (Lipinski definition) is 0. The van der Waals surface area contributed by atoms with E-state index in [2.05, 4.69) is 7.05 Å². The van der Waals surface area contributed by atoms with Gasteiger partial charge in [0.2, 0.25) is 0 Å². The standard InChI is InChI=1S/C19H34NO7/c1-18(2)24-14-13(12-22-11-8-20(5)6-9-21-10-7-20)23-17-16(15(14)25-18)26-19(3,4)27-17/h13-17H,6-12H2,1-5H3/q+1. The molecule has 0 N–H and O–H groups in total. The summed E-state index contributed by atoms with van der Waals surface area (Å²) in [6.07, 6.45) is -1.45. The van der Waals surface area contributed by atoms with Crippen LogP contribution < -0.4 is 0 Å². The van der Waals surface area contributed by atoms with Gasteiger partial charge in [-0.3, -0.25) is 0 Å². The summed E-state index contributed by atoms with van der Waals surface area (Å²) < 4.78 is 42.8. The first kappa shape index (κ1) is 20.0. The fraction of sp³-hybridized carbons (Fsp3) is 1.00. The number of ether oxygens (including phenoxy) is 7. The maximum absolute atomic E-state index is 6.17. The highest BCUT2D eigenvalue weighted by Gasteiger charge is 2.60. The minimum absolute atomic E-state index is 0.224. The molecule has 8 heteroatoms. The van der Waals surface area contributed by atoms with Crippen LogP contribution in [0.1, 0.15) is 27.7 Å². The van der Waals surface area contributed by atoms with E-state index in [1.54, 1.807) is 0 Å². The molecular weight excluding hydrogens is 354 g/mol. The Morgan fingerprint density at radius 1 is 0.889 bits per heavy atom. The lowest BCUT2D eigenvalue weighted by Crippen LogP contribution is -2.56. The van der Waals surface area contributed by atoms with Gasteiger partial charge in [0.1, 0.15) is 44.1 Å². The molecule has 4 fully saturated rings. The number of rotatable bonds is 5. The van der Waals surface area contributed by atoms with E-state index in [0.29, 0.717) is 13.2 Å². The molecule has 0 aliphatic carbocycles. The summed E-state index contributed by atoms with van der Waals surface area (Å²) in [4.78, 5) is 0. The van der Waals surface area contributed by atoms with Gasteiger partial charge >= 0.3 is 0 Å². The molecule has 0 radical (unpaired) electrons. The van der Waals surface area contributed by atoms with Crippen molar-refractivity contribution in [2.45, 2.75) is 70.0 Å². The Labute approximate surface area is 161 Å². The first-order valence-corrected chi connectivity index (χ1v) is 10.0. The third kappa shape index (κ3) is 4.33. The first-order valence-electron chi connectivity index (χ1n) is 10.0. The van der Waals surface area contributed by atoms with Crippen LogP contribution in [0.25, 0.3) is 0 Å². The van der Waals surface area contributed by atoms with Crippen LogP contribution in [0.3, 0.4) is 0 Å². The molecule has 0 amide bonds. The third-order valence-electron chi connectivity index (χ3n) is 5.86. The van der Waals surface area contributed by atoms with Crippen molar-refractivity contribution in [3.05, 3.63) is 0 Å². The van der Waals surface area contributed by atoms with Gasteiger partial charge in [-0.05, 0) is 27.7 Å². The minimum atomic E-state index is -0.694. The Kier molecular flexibility index (Phi) is 5.31. The number of hydrogen-bond acceptors (Lipinski definition) is 7. The quantitative estimate of drug-likeness (QED) is 0.512. The van der Waals surface area contributed by atoms with Gasteiger partial charge < -0.3 is 37.6 Å². The molecule has 0 bridgehead atoms. The van der Waals surface area contributed by atoms with Crippen LogP contribution in [0.5, 0.6) is 0 Å². The van der Waals surface area contributed by atoms with Crippen LogP contribution >= 0.6 is 0 Å². The topological polar surface area (TPSA) is 64.6 Å². The third-order valence-corrected chi connectivity index (χ3v) is 5.86. The van der Waals surface area contributed by atoms with Crippen molar-refractivity contribution in [3.63, 3.8) is 0 Å². The van der Waals surface area contributed by atoms with Crippen molar-refractivity contribution in [2.75, 3.05) is 53.1 Å². The summed E-state index contributed by atoms with van der Waals surface area (Å²) in [5, 5.41) is 0. The number of nitrogens with zero attached hydrogens (tertiary/aromatic N) is 1. The van der Waals surface area contributed by atoms with Gasteiger partial charge in [-0.25, -0.2) is 0 Å². The number of fused-ring (bicyclic) bond motifs is 3. The fourth-order valence-electron chi connectivity index (χ4n) is 4.32. The molecule has 0 spiro atoms. The van der Waals surface area contributed by atoms with Gasteiger partial charge in [-0.1, -0.05) is 0 Å². The highest BCUT2D eigenvalue weighted by molar-refractivity contribution is 5.00. The van der Waals surface area contributed by atoms with Crippen molar-refractivity contribution >= 4 is 0 Å². The summed E-state index contributed by atoms with van der Waals surface area (Å²) in [6.45, 7) is 13.4. The van der Waals surface area contributed by atoms with Gasteiger partial charge in [-0.2, -0.15) is 0 Å². The number of likely N-dealkylation sites (N-methyl/N-ethyl adjacent to an activating group) is 1. The fourth-order valence-corrected chi connectivity index (χ4v) is 4.32. The predicted molar refractivity (Wildman–Crippen MR) is 94.9 cm³/mol. The predicted octanol–water partition coefficient (Wildman–Crippen LogP) is 0.876. The summed E-state index contributed by atoms with van der Waals surface area (Å²) in [5.41, 5.74) is 0. The Balaban J connectivity index is 1.34. The van der Waals surface area contributed by atoms with Crippen LogP contribution in [-0.2, 0) is 33.2 Å². The van der Waals surface area contributed by atoms with Crippen molar-refractivity contribution in [3.8, 4) is 0 Å². The molecule has 4 aliphatic rings. The molecule has 5 atom stereocenters. The Morgan fingerprint density at radius 2 is 1.52 bits per heavy atom. The Morgan fingerprint density at radius 3 is 2.26 bits per heavy atom. The second-order valence-corrected chi connectivity index (χ2v) is 9.19. The van der Waals surface area contributed by atoms with Crippen LogP contribution in [0.4, 0.5) is 0 Å². The Hall–Kier alpha value is -0.320.